The van der Waals surface area contributed by atoms with Gasteiger partial charge >= 0.3 is 0 Å². The van der Waals surface area contributed by atoms with Crippen LogP contribution in [-0.4, -0.2) is 61.0 Å². The summed E-state index contributed by atoms with van der Waals surface area (Å²) in [6, 6.07) is 0. The van der Waals surface area contributed by atoms with Gasteiger partial charge in [-0.25, -0.2) is 0 Å². The average molecular weight is 416 g/mol. The molecule has 2 N–H and O–H groups in total. The third-order valence-corrected chi connectivity index (χ3v) is 4.70. The molecule has 7 nitrogen and oxygen atoms in total. The monoisotopic (exact) mass is 415 g/mol. The van der Waals surface area contributed by atoms with Gasteiger partial charge in [0.25, 0.3) is 0 Å². The molecule has 0 spiro atoms. The maximum Gasteiger partial charge on any atom is 0.231 e. The fourth-order valence-corrected chi connectivity index (χ4v) is 2.48. The first-order valence-corrected chi connectivity index (χ1v) is 10.8. The quantitative estimate of drug-likeness (QED) is 0.426. The topological polar surface area (TPSA) is 87.7 Å². The van der Waals surface area contributed by atoms with Crippen molar-refractivity contribution in [3.8, 4) is 0 Å². The second kappa shape index (κ2) is 15.4. The molecule has 0 aliphatic carbocycles. The van der Waals surface area contributed by atoms with E-state index in [1.165, 1.54) is 0 Å². The zero-order valence-corrected chi connectivity index (χ0v) is 20.2. The van der Waals surface area contributed by atoms with E-state index < -0.39 is 5.54 Å². The van der Waals surface area contributed by atoms with Crippen molar-refractivity contribution in [2.24, 2.45) is 5.92 Å². The molecule has 0 heterocycles. The smallest absolute Gasteiger partial charge is 0.231 e. The van der Waals surface area contributed by atoms with Gasteiger partial charge in [-0.05, 0) is 60.5 Å². The van der Waals surface area contributed by atoms with Crippen molar-refractivity contribution in [1.82, 2.24) is 15.5 Å². The Bertz CT molecular complexity index is 479. The molecule has 0 saturated carbocycles. The molecule has 3 amide bonds. The Morgan fingerprint density at radius 3 is 2.21 bits per heavy atom. The van der Waals surface area contributed by atoms with Crippen molar-refractivity contribution in [3.63, 3.8) is 0 Å². The standard InChI is InChI=1S/C20H39N3O4.C2H6/c1-8-16(2)18(26)23(15-24)13-9-17(25)22-19(3,4)11-14-27-20(5,6)10-12-21-7;1-2/h15-16,21H,8-14H2,1-7H3,(H,22,25);1-2H3. The number of carbonyl (C=O) groups is 3. The van der Waals surface area contributed by atoms with E-state index in [9.17, 15) is 14.4 Å². The first-order valence-electron chi connectivity index (χ1n) is 10.8. The Morgan fingerprint density at radius 1 is 1.14 bits per heavy atom. The molecule has 1 unspecified atom stereocenters. The molecule has 0 saturated heterocycles. The SMILES string of the molecule is CC.CCC(C)C(=O)N(C=O)CCC(=O)NC(C)(C)CCOC(C)(C)CCNC. The van der Waals surface area contributed by atoms with Crippen molar-refractivity contribution in [2.45, 2.75) is 92.2 Å². The van der Waals surface area contributed by atoms with E-state index in [1.54, 1.807) is 6.92 Å². The van der Waals surface area contributed by atoms with Crippen molar-refractivity contribution in [2.75, 3.05) is 26.7 Å². The van der Waals surface area contributed by atoms with Gasteiger partial charge in [-0.2, -0.15) is 0 Å². The second-order valence-electron chi connectivity index (χ2n) is 8.34. The highest BCUT2D eigenvalue weighted by Gasteiger charge is 2.24. The zero-order chi connectivity index (χ0) is 23.1. The predicted octanol–water partition coefficient (Wildman–Crippen LogP) is 3.12. The van der Waals surface area contributed by atoms with Crippen LogP contribution < -0.4 is 10.6 Å². The molecule has 1 atom stereocenters. The van der Waals surface area contributed by atoms with Crippen molar-refractivity contribution in [1.29, 1.82) is 0 Å². The van der Waals surface area contributed by atoms with Crippen LogP contribution in [0.2, 0.25) is 0 Å². The highest BCUT2D eigenvalue weighted by molar-refractivity contribution is 5.88. The third-order valence-electron chi connectivity index (χ3n) is 4.70. The summed E-state index contributed by atoms with van der Waals surface area (Å²) in [4.78, 5) is 36.5. The van der Waals surface area contributed by atoms with E-state index in [2.05, 4.69) is 24.5 Å². The second-order valence-corrected chi connectivity index (χ2v) is 8.34. The number of ether oxygens (including phenoxy) is 1. The fourth-order valence-electron chi connectivity index (χ4n) is 2.48. The first kappa shape index (κ1) is 29.7. The third kappa shape index (κ3) is 14.2. The Hall–Kier alpha value is -1.47. The van der Waals surface area contributed by atoms with Gasteiger partial charge in [0.05, 0.1) is 5.60 Å². The number of nitrogens with one attached hydrogen (secondary N) is 2. The molecule has 0 aromatic heterocycles. The molecule has 0 aromatic carbocycles. The van der Waals surface area contributed by atoms with E-state index in [4.69, 9.17) is 4.74 Å². The average Bonchev–Trinajstić information content (AvgIpc) is 2.66. The lowest BCUT2D eigenvalue weighted by atomic mass is 10.00. The normalized spacial score (nSPS) is 12.4. The minimum Gasteiger partial charge on any atom is -0.375 e. The Kier molecular flexibility index (Phi) is 15.8. The van der Waals surface area contributed by atoms with Gasteiger partial charge in [-0.3, -0.25) is 19.3 Å². The number of nitrogens with zero attached hydrogens (tertiary/aromatic N) is 1. The number of hydrogen-bond acceptors (Lipinski definition) is 5. The van der Waals surface area contributed by atoms with Crippen LogP contribution in [0.15, 0.2) is 0 Å². The van der Waals surface area contributed by atoms with Crippen LogP contribution in [0.25, 0.3) is 0 Å². The Labute approximate surface area is 178 Å². The van der Waals surface area contributed by atoms with Crippen LogP contribution in [0.5, 0.6) is 0 Å². The molecule has 7 heteroatoms. The zero-order valence-electron chi connectivity index (χ0n) is 20.2. The molecule has 0 aliphatic rings. The van der Waals surface area contributed by atoms with Gasteiger partial charge in [0, 0.05) is 31.0 Å². The molecule has 0 bridgehead atoms. The maximum atomic E-state index is 12.2. The lowest BCUT2D eigenvalue weighted by molar-refractivity contribution is -0.141. The highest BCUT2D eigenvalue weighted by atomic mass is 16.5. The molecular weight excluding hydrogens is 370 g/mol. The van der Waals surface area contributed by atoms with Crippen molar-refractivity contribution >= 4 is 18.2 Å². The highest BCUT2D eigenvalue weighted by Crippen LogP contribution is 2.17. The van der Waals surface area contributed by atoms with Gasteiger partial charge < -0.3 is 15.4 Å². The number of imide groups is 1. The van der Waals surface area contributed by atoms with Gasteiger partial charge in [0.15, 0.2) is 0 Å². The molecule has 172 valence electrons. The molecule has 0 aromatic rings. The van der Waals surface area contributed by atoms with Crippen LogP contribution in [0.1, 0.15) is 81.1 Å². The van der Waals surface area contributed by atoms with Gasteiger partial charge in [-0.15, -0.1) is 0 Å². The minimum absolute atomic E-state index is 0.0961. The van der Waals surface area contributed by atoms with Crippen LogP contribution in [0.3, 0.4) is 0 Å². The van der Waals surface area contributed by atoms with E-state index in [0.29, 0.717) is 25.9 Å². The van der Waals surface area contributed by atoms with Crippen LogP contribution >= 0.6 is 0 Å². The van der Waals surface area contributed by atoms with E-state index in [0.717, 1.165) is 17.9 Å². The van der Waals surface area contributed by atoms with Crippen molar-refractivity contribution in [3.05, 3.63) is 0 Å². The Balaban J connectivity index is 0. The number of carbonyl (C=O) groups excluding carboxylic acids is 3. The summed E-state index contributed by atoms with van der Waals surface area (Å²) in [7, 11) is 1.91. The summed E-state index contributed by atoms with van der Waals surface area (Å²) < 4.78 is 5.94. The van der Waals surface area contributed by atoms with Gasteiger partial charge in [0.1, 0.15) is 0 Å². The van der Waals surface area contributed by atoms with E-state index in [1.807, 2.05) is 41.7 Å². The molecule has 0 radical (unpaired) electrons. The number of hydrogen-bond donors (Lipinski definition) is 2. The summed E-state index contributed by atoms with van der Waals surface area (Å²) in [5, 5.41) is 6.08. The van der Waals surface area contributed by atoms with Crippen LogP contribution in [0, 0.1) is 5.92 Å². The fraction of sp³-hybridized carbons (Fsp3) is 0.864. The summed E-state index contributed by atoms with van der Waals surface area (Å²) in [5.41, 5.74) is -0.646. The number of rotatable bonds is 14. The molecule has 29 heavy (non-hydrogen) atoms. The summed E-state index contributed by atoms with van der Waals surface area (Å²) in [5.74, 6) is -0.645. The largest absolute Gasteiger partial charge is 0.375 e. The minimum atomic E-state index is -0.428. The molecular formula is C22H45N3O4. The van der Waals surface area contributed by atoms with Crippen LogP contribution in [0.4, 0.5) is 0 Å². The van der Waals surface area contributed by atoms with Crippen molar-refractivity contribution < 1.29 is 19.1 Å². The summed E-state index contributed by atoms with van der Waals surface area (Å²) >= 11 is 0. The Morgan fingerprint density at radius 2 is 1.72 bits per heavy atom. The number of amides is 3. The maximum absolute atomic E-state index is 12.2. The van der Waals surface area contributed by atoms with E-state index >= 15 is 0 Å². The van der Waals surface area contributed by atoms with Crippen LogP contribution in [-0.2, 0) is 19.1 Å². The summed E-state index contributed by atoms with van der Waals surface area (Å²) in [6.45, 7) is 17.2. The van der Waals surface area contributed by atoms with Gasteiger partial charge in [-0.1, -0.05) is 27.7 Å². The first-order chi connectivity index (χ1) is 13.5. The molecule has 0 fully saturated rings. The lowest BCUT2D eigenvalue weighted by Gasteiger charge is -2.30. The van der Waals surface area contributed by atoms with E-state index in [-0.39, 0.29) is 36.3 Å². The predicted molar refractivity (Wildman–Crippen MR) is 119 cm³/mol. The summed E-state index contributed by atoms with van der Waals surface area (Å²) in [6.07, 6.45) is 2.84. The lowest BCUT2D eigenvalue weighted by Crippen LogP contribution is -2.46. The van der Waals surface area contributed by atoms with Gasteiger partial charge in [0.2, 0.25) is 18.2 Å². The molecule has 0 aliphatic heterocycles. The molecule has 0 rings (SSSR count).